The Morgan fingerprint density at radius 1 is 0.455 bits per heavy atom. The molecule has 0 aliphatic carbocycles. The van der Waals surface area contributed by atoms with Gasteiger partial charge in [0.05, 0.1) is 62.6 Å². The van der Waals surface area contributed by atoms with E-state index in [4.69, 9.17) is 39.4 Å². The molecule has 3 amide bonds. The number of imidazole rings is 1. The monoisotopic (exact) mass is 1380 g/mol. The Balaban J connectivity index is 0.000000211. The van der Waals surface area contributed by atoms with Crippen LogP contribution in [0, 0.1) is 34.0 Å². The van der Waals surface area contributed by atoms with Crippen molar-refractivity contribution in [2.45, 2.75) is 100 Å². The van der Waals surface area contributed by atoms with Gasteiger partial charge >= 0.3 is 29.6 Å². The normalized spacial score (nSPS) is 17.8. The fraction of sp³-hybridized carbons (Fsp3) is 0.405. The summed E-state index contributed by atoms with van der Waals surface area (Å²) in [6.07, 6.45) is 2.95. The largest absolute Gasteiger partial charge is 1.00 e. The van der Waals surface area contributed by atoms with E-state index in [1.54, 1.807) is 4.90 Å². The van der Waals surface area contributed by atoms with Gasteiger partial charge in [0.2, 0.25) is 17.7 Å². The molecule has 12 rings (SSSR count). The molecule has 3 radical (unpaired) electrons. The third-order valence-corrected chi connectivity index (χ3v) is 17.7. The molecule has 3 aromatic heterocycles. The Hall–Kier alpha value is -8.25. The Labute approximate surface area is 619 Å². The number of benzene rings is 6. The predicted molar refractivity (Wildman–Crippen MR) is 387 cm³/mol. The van der Waals surface area contributed by atoms with Crippen LogP contribution in [0.3, 0.4) is 0 Å². The molecule has 2 N–H and O–H groups in total. The summed E-state index contributed by atoms with van der Waals surface area (Å²) in [6, 6.07) is 59.3. The minimum absolute atomic E-state index is 0. The van der Waals surface area contributed by atoms with Crippen molar-refractivity contribution < 1.29 is 74.6 Å². The first kappa shape index (κ1) is 78.5. The molecule has 101 heavy (non-hydrogen) atoms. The number of carbonyl (C=O) groups is 4. The third-order valence-electron chi connectivity index (χ3n) is 17.7. The Morgan fingerprint density at radius 3 is 1.14 bits per heavy atom. The second kappa shape index (κ2) is 36.1. The predicted octanol–water partition coefficient (Wildman–Crippen LogP) is 8.19. The number of aromatic nitrogens is 8. The summed E-state index contributed by atoms with van der Waals surface area (Å²) in [5, 5.41) is 29.4. The number of nitrogens with zero attached hydrogens (tertiary/aromatic N) is 11. The molecule has 6 aromatic carbocycles. The fourth-order valence-corrected chi connectivity index (χ4v) is 13.1. The summed E-state index contributed by atoms with van der Waals surface area (Å²) in [4.78, 5) is 71.6. The fourth-order valence-electron chi connectivity index (χ4n) is 13.1. The van der Waals surface area contributed by atoms with E-state index in [1.165, 1.54) is 0 Å². The topological polar surface area (TPSA) is 225 Å². The number of rotatable bonds is 18. The molecule has 3 saturated heterocycles. The third kappa shape index (κ3) is 20.5. The van der Waals surface area contributed by atoms with E-state index < -0.39 is 0 Å². The molecule has 3 fully saturated rings. The standard InChI is InChI=1S/C27H31N3O3.2C26H32N4O3.B.Na.H/c1-27(2,3)25(30-15-21(17-31)18-33-19-24(30)32)26-28-23(22-12-8-5-9-13-22)16-29(26)14-20-10-6-4-7-11-20;2*1-26(2,3)23(29-14-20(16-31)17-33-18-22(29)32)25-27-24(21-12-8-5-9-13-21)28-30(25)15-19-10-6-4-7-11-19;;;/h4-13,16-17,21,25H,14-15,18-19H2,1-3H3;2*4-13,20,23,31H,14-18H2,1-3H3;;;/q;;;;+1;-1/t;2*20-,23?;;;/m.10.../s1. The van der Waals surface area contributed by atoms with Crippen molar-refractivity contribution in [2.75, 3.05) is 72.5 Å². The van der Waals surface area contributed by atoms with Gasteiger partial charge in [-0.15, -0.1) is 0 Å². The summed E-state index contributed by atoms with van der Waals surface area (Å²) in [5.41, 5.74) is 6.14. The van der Waals surface area contributed by atoms with Crippen molar-refractivity contribution in [3.05, 3.63) is 222 Å². The van der Waals surface area contributed by atoms with Crippen molar-refractivity contribution >= 4 is 32.4 Å². The number of hydrogen-bond acceptors (Lipinski definition) is 14. The summed E-state index contributed by atoms with van der Waals surface area (Å²) in [6.45, 7) is 22.7. The van der Waals surface area contributed by atoms with Gasteiger partial charge in [0.1, 0.15) is 31.9 Å². The SMILES string of the molecule is CC(C)(C)C(c1nc(-c2ccccc2)cn1Cc1ccccc1)N1CC(C=O)COCC1=O.CC(C)(C)C(c1nc(-c2ccccc2)nn1Cc1ccccc1)N1C[C@@H](CO)COCC1=O.CC(C)(C)C(c1nc(-c2ccccc2)nn1Cc1ccccc1)N1C[C@H](CO)COCC1=O.[B].[H-].[Na+]. The molecule has 3 aliphatic rings. The Morgan fingerprint density at radius 2 is 0.782 bits per heavy atom. The molecule has 6 atom stereocenters. The van der Waals surface area contributed by atoms with E-state index in [0.717, 1.165) is 62.8 Å². The van der Waals surface area contributed by atoms with Crippen molar-refractivity contribution in [2.24, 2.45) is 34.0 Å². The Kier molecular flexibility index (Phi) is 28.0. The van der Waals surface area contributed by atoms with E-state index in [2.05, 4.69) is 109 Å². The second-order valence-corrected chi connectivity index (χ2v) is 29.1. The summed E-state index contributed by atoms with van der Waals surface area (Å²) in [5.74, 6) is 2.60. The van der Waals surface area contributed by atoms with E-state index in [9.17, 15) is 29.4 Å². The average Bonchev–Trinajstić information content (AvgIpc) is 1.59. The molecule has 3 aliphatic heterocycles. The number of aliphatic hydroxyl groups excluding tert-OH is 2. The molecule has 22 heteroatoms. The summed E-state index contributed by atoms with van der Waals surface area (Å²) < 4.78 is 22.6. The maximum Gasteiger partial charge on any atom is 1.00 e. The van der Waals surface area contributed by atoms with Crippen LogP contribution in [0.5, 0.6) is 0 Å². The van der Waals surface area contributed by atoms with Crippen LogP contribution in [0.15, 0.2) is 188 Å². The van der Waals surface area contributed by atoms with Gasteiger partial charge < -0.3 is 49.9 Å². The van der Waals surface area contributed by atoms with Gasteiger partial charge in [-0.05, 0) is 32.9 Å². The maximum absolute atomic E-state index is 13.1. The van der Waals surface area contributed by atoms with Crippen LogP contribution in [0.1, 0.15) is 116 Å². The zero-order chi connectivity index (χ0) is 70.3. The number of carbonyl (C=O) groups excluding carboxylic acids is 4. The first-order valence-corrected chi connectivity index (χ1v) is 34.1. The van der Waals surface area contributed by atoms with Gasteiger partial charge in [0.15, 0.2) is 23.3 Å². The first-order valence-electron chi connectivity index (χ1n) is 34.1. The number of ether oxygens (including phenoxy) is 3. The van der Waals surface area contributed by atoms with Crippen molar-refractivity contribution in [3.8, 4) is 34.0 Å². The van der Waals surface area contributed by atoms with Crippen LogP contribution in [-0.4, -0.2) is 169 Å². The number of amides is 3. The average molecular weight is 1380 g/mol. The van der Waals surface area contributed by atoms with Crippen LogP contribution in [-0.2, 0) is 53.0 Å². The van der Waals surface area contributed by atoms with Crippen LogP contribution >= 0.6 is 0 Å². The Bertz CT molecular complexity index is 3890. The van der Waals surface area contributed by atoms with Gasteiger partial charge in [-0.2, -0.15) is 10.2 Å². The molecular weight excluding hydrogens is 1280 g/mol. The minimum atomic E-state index is -0.354. The van der Waals surface area contributed by atoms with Gasteiger partial charge in [-0.25, -0.2) is 24.3 Å². The van der Waals surface area contributed by atoms with Crippen LogP contribution in [0.25, 0.3) is 34.0 Å². The maximum atomic E-state index is 13.1. The summed E-state index contributed by atoms with van der Waals surface area (Å²) >= 11 is 0. The van der Waals surface area contributed by atoms with E-state index >= 15 is 0 Å². The molecule has 0 spiro atoms. The number of aldehydes is 1. The zero-order valence-electron chi connectivity index (χ0n) is 61.1. The first-order chi connectivity index (χ1) is 47.6. The van der Waals surface area contributed by atoms with E-state index in [-0.39, 0.29) is 149 Å². The molecule has 4 unspecified atom stereocenters. The number of aliphatic hydroxyl groups is 2. The molecule has 0 bridgehead atoms. The zero-order valence-corrected chi connectivity index (χ0v) is 62.1. The van der Waals surface area contributed by atoms with E-state index in [0.29, 0.717) is 64.1 Å². The van der Waals surface area contributed by atoms with Crippen LogP contribution in [0.4, 0.5) is 0 Å². The van der Waals surface area contributed by atoms with Gasteiger partial charge in [0, 0.05) is 82.5 Å². The molecule has 9 aromatic rings. The molecule has 525 valence electrons. The number of hydrogen-bond donors (Lipinski definition) is 2. The second-order valence-electron chi connectivity index (χ2n) is 29.1. The van der Waals surface area contributed by atoms with Gasteiger partial charge in [-0.3, -0.25) is 14.4 Å². The van der Waals surface area contributed by atoms with Gasteiger partial charge in [0.25, 0.3) is 0 Å². The van der Waals surface area contributed by atoms with Crippen LogP contribution < -0.4 is 29.6 Å². The van der Waals surface area contributed by atoms with Crippen molar-refractivity contribution in [1.82, 2.24) is 53.8 Å². The molecular formula is C79H96BN11NaO9. The minimum Gasteiger partial charge on any atom is -1.00 e. The molecule has 6 heterocycles. The summed E-state index contributed by atoms with van der Waals surface area (Å²) in [7, 11) is 0. The van der Waals surface area contributed by atoms with Gasteiger partial charge in [-0.1, -0.05) is 244 Å². The smallest absolute Gasteiger partial charge is 1.00 e. The molecule has 20 nitrogen and oxygen atoms in total. The van der Waals surface area contributed by atoms with Crippen molar-refractivity contribution in [1.29, 1.82) is 0 Å². The van der Waals surface area contributed by atoms with Crippen LogP contribution in [0.2, 0.25) is 0 Å². The molecule has 0 saturated carbocycles. The van der Waals surface area contributed by atoms with E-state index in [1.807, 2.05) is 165 Å². The quantitative estimate of drug-likeness (QED) is 0.0611. The van der Waals surface area contributed by atoms with Crippen molar-refractivity contribution in [3.63, 3.8) is 0 Å².